The molecule has 1 aliphatic rings. The van der Waals surface area contributed by atoms with Crippen molar-refractivity contribution >= 4 is 6.09 Å². The first-order valence-electron chi connectivity index (χ1n) is 3.36. The van der Waals surface area contributed by atoms with Crippen LogP contribution >= 0.6 is 0 Å². The molecule has 4 nitrogen and oxygen atoms in total. The van der Waals surface area contributed by atoms with E-state index in [1.165, 1.54) is 0 Å². The Morgan fingerprint density at radius 1 is 2.00 bits per heavy atom. The molecule has 0 spiro atoms. The summed E-state index contributed by atoms with van der Waals surface area (Å²) < 4.78 is 9.69. The number of nitrogens with one attached hydrogen (secondary N) is 1. The first-order valence-corrected chi connectivity index (χ1v) is 3.36. The van der Waals surface area contributed by atoms with Gasteiger partial charge in [-0.05, 0) is 0 Å². The predicted octanol–water partition coefficient (Wildman–Crippen LogP) is 0.296. The van der Waals surface area contributed by atoms with E-state index in [-0.39, 0.29) is 18.2 Å². The molecule has 2 atom stereocenters. The highest BCUT2D eigenvalue weighted by molar-refractivity contribution is 5.69. The topological polar surface area (TPSA) is 47.6 Å². The van der Waals surface area contributed by atoms with Crippen molar-refractivity contribution in [1.29, 1.82) is 0 Å². The van der Waals surface area contributed by atoms with Gasteiger partial charge in [0.1, 0.15) is 6.61 Å². The number of carbonyl (C=O) groups is 1. The summed E-state index contributed by atoms with van der Waals surface area (Å²) in [6.07, 6.45) is 1.08. The van der Waals surface area contributed by atoms with Crippen LogP contribution in [0, 0.1) is 0 Å². The maximum absolute atomic E-state index is 10.6. The first-order chi connectivity index (χ1) is 5.27. The van der Waals surface area contributed by atoms with E-state index >= 15 is 0 Å². The van der Waals surface area contributed by atoms with Crippen LogP contribution in [0.25, 0.3) is 0 Å². The Bertz CT molecular complexity index is 169. The van der Waals surface area contributed by atoms with Crippen molar-refractivity contribution in [2.75, 3.05) is 13.7 Å². The Labute approximate surface area is 65.2 Å². The third-order valence-electron chi connectivity index (χ3n) is 1.60. The largest absolute Gasteiger partial charge is 0.447 e. The lowest BCUT2D eigenvalue weighted by Gasteiger charge is -2.15. The van der Waals surface area contributed by atoms with Crippen molar-refractivity contribution in [2.45, 2.75) is 12.1 Å². The summed E-state index contributed by atoms with van der Waals surface area (Å²) in [6.45, 7) is 3.92. The molecule has 1 aliphatic heterocycles. The Kier molecular flexibility index (Phi) is 2.48. The van der Waals surface area contributed by atoms with Crippen LogP contribution in [0.1, 0.15) is 0 Å². The predicted molar refractivity (Wildman–Crippen MR) is 39.3 cm³/mol. The van der Waals surface area contributed by atoms with Gasteiger partial charge in [-0.25, -0.2) is 4.79 Å². The van der Waals surface area contributed by atoms with Crippen LogP contribution in [0.5, 0.6) is 0 Å². The molecule has 1 amide bonds. The maximum Gasteiger partial charge on any atom is 0.407 e. The Hall–Kier alpha value is -1.03. The number of hydrogen-bond acceptors (Lipinski definition) is 3. The fourth-order valence-electron chi connectivity index (χ4n) is 1.00. The van der Waals surface area contributed by atoms with E-state index in [2.05, 4.69) is 16.6 Å². The minimum atomic E-state index is -0.390. The molecule has 1 heterocycles. The minimum absolute atomic E-state index is 0.0926. The van der Waals surface area contributed by atoms with Crippen LogP contribution < -0.4 is 5.32 Å². The normalized spacial score (nSPS) is 25.5. The highest BCUT2D eigenvalue weighted by Crippen LogP contribution is 2.06. The molecule has 0 saturated carbocycles. The van der Waals surface area contributed by atoms with Crippen molar-refractivity contribution in [3.63, 3.8) is 0 Å². The molecule has 0 aromatic carbocycles. The van der Waals surface area contributed by atoms with E-state index in [4.69, 9.17) is 4.74 Å². The number of rotatable bonds is 3. The van der Waals surface area contributed by atoms with E-state index in [0.717, 1.165) is 0 Å². The van der Waals surface area contributed by atoms with Crippen molar-refractivity contribution in [3.05, 3.63) is 12.7 Å². The van der Waals surface area contributed by atoms with Gasteiger partial charge in [0.15, 0.2) is 0 Å². The number of alkyl carbamates (subject to hydrolysis) is 1. The summed E-state index contributed by atoms with van der Waals surface area (Å²) in [7, 11) is 1.57. The molecule has 0 radical (unpaired) electrons. The molecule has 0 bridgehead atoms. The zero-order valence-electron chi connectivity index (χ0n) is 6.37. The molecular formula is C7H11NO3. The number of carbonyl (C=O) groups excluding carboxylic acids is 1. The third kappa shape index (κ3) is 1.71. The average molecular weight is 157 g/mol. The number of ether oxygens (including phenoxy) is 2. The second-order valence-corrected chi connectivity index (χ2v) is 2.29. The summed E-state index contributed by atoms with van der Waals surface area (Å²) >= 11 is 0. The summed E-state index contributed by atoms with van der Waals surface area (Å²) in [5.74, 6) is 0. The van der Waals surface area contributed by atoms with Crippen LogP contribution in [0.3, 0.4) is 0 Å². The molecular weight excluding hydrogens is 146 g/mol. The highest BCUT2D eigenvalue weighted by Gasteiger charge is 2.28. The maximum atomic E-state index is 10.6. The fourth-order valence-corrected chi connectivity index (χ4v) is 1.00. The van der Waals surface area contributed by atoms with Crippen molar-refractivity contribution in [1.82, 2.24) is 5.32 Å². The number of methoxy groups -OCH3 is 1. The van der Waals surface area contributed by atoms with Gasteiger partial charge in [0.05, 0.1) is 12.1 Å². The van der Waals surface area contributed by atoms with Gasteiger partial charge in [-0.1, -0.05) is 6.08 Å². The quantitative estimate of drug-likeness (QED) is 0.599. The molecule has 4 heteroatoms. The van der Waals surface area contributed by atoms with Gasteiger partial charge in [0.25, 0.3) is 0 Å². The minimum Gasteiger partial charge on any atom is -0.447 e. The molecule has 11 heavy (non-hydrogen) atoms. The van der Waals surface area contributed by atoms with Crippen LogP contribution in [-0.2, 0) is 9.47 Å². The summed E-state index contributed by atoms with van der Waals surface area (Å²) in [6, 6.07) is -0.0926. The van der Waals surface area contributed by atoms with Crippen LogP contribution in [0.2, 0.25) is 0 Å². The molecule has 0 aromatic rings. The van der Waals surface area contributed by atoms with Gasteiger partial charge >= 0.3 is 6.09 Å². The van der Waals surface area contributed by atoms with Gasteiger partial charge in [0, 0.05) is 7.11 Å². The average Bonchev–Trinajstić information content (AvgIpc) is 2.39. The molecule has 1 rings (SSSR count). The third-order valence-corrected chi connectivity index (χ3v) is 1.60. The fraction of sp³-hybridized carbons (Fsp3) is 0.571. The van der Waals surface area contributed by atoms with Gasteiger partial charge in [-0.15, -0.1) is 6.58 Å². The van der Waals surface area contributed by atoms with Crippen molar-refractivity contribution < 1.29 is 14.3 Å². The van der Waals surface area contributed by atoms with Gasteiger partial charge in [-0.3, -0.25) is 0 Å². The molecule has 0 aromatic heterocycles. The van der Waals surface area contributed by atoms with Crippen molar-refractivity contribution in [3.8, 4) is 0 Å². The molecule has 1 fully saturated rings. The standard InChI is InChI=1S/C7H11NO3/c1-3-6(10-2)5-4-11-7(9)8-5/h3,5-6H,1,4H2,2H3,(H,8,9)/t5-,6-/m0/s1. The summed E-state index contributed by atoms with van der Waals surface area (Å²) in [5.41, 5.74) is 0. The number of cyclic esters (lactones) is 1. The van der Waals surface area contributed by atoms with Crippen LogP contribution in [0.15, 0.2) is 12.7 Å². The number of hydrogen-bond donors (Lipinski definition) is 1. The molecule has 62 valence electrons. The van der Waals surface area contributed by atoms with Crippen LogP contribution in [0.4, 0.5) is 4.79 Å². The molecule has 1 saturated heterocycles. The second kappa shape index (κ2) is 3.39. The second-order valence-electron chi connectivity index (χ2n) is 2.29. The molecule has 1 N–H and O–H groups in total. The first kappa shape index (κ1) is 8.07. The Balaban J connectivity index is 2.46. The van der Waals surface area contributed by atoms with Crippen molar-refractivity contribution in [2.24, 2.45) is 0 Å². The zero-order valence-corrected chi connectivity index (χ0v) is 6.37. The Morgan fingerprint density at radius 2 is 2.73 bits per heavy atom. The van der Waals surface area contributed by atoms with E-state index < -0.39 is 0 Å². The smallest absolute Gasteiger partial charge is 0.407 e. The lowest BCUT2D eigenvalue weighted by Crippen LogP contribution is -2.37. The molecule has 0 aliphatic carbocycles. The molecule has 0 unspecified atom stereocenters. The monoisotopic (exact) mass is 157 g/mol. The zero-order chi connectivity index (χ0) is 8.27. The Morgan fingerprint density at radius 3 is 3.09 bits per heavy atom. The highest BCUT2D eigenvalue weighted by atomic mass is 16.6. The van der Waals surface area contributed by atoms with Gasteiger partial charge < -0.3 is 14.8 Å². The van der Waals surface area contributed by atoms with E-state index in [1.54, 1.807) is 13.2 Å². The number of amides is 1. The van der Waals surface area contributed by atoms with E-state index in [9.17, 15) is 4.79 Å². The van der Waals surface area contributed by atoms with Gasteiger partial charge in [0.2, 0.25) is 0 Å². The summed E-state index contributed by atoms with van der Waals surface area (Å²) in [5, 5.41) is 2.60. The summed E-state index contributed by atoms with van der Waals surface area (Å²) in [4.78, 5) is 10.6. The van der Waals surface area contributed by atoms with Crippen LogP contribution in [-0.4, -0.2) is 32.0 Å². The van der Waals surface area contributed by atoms with E-state index in [0.29, 0.717) is 6.61 Å². The van der Waals surface area contributed by atoms with Gasteiger partial charge in [-0.2, -0.15) is 0 Å². The lowest BCUT2D eigenvalue weighted by atomic mass is 10.2. The SMILES string of the molecule is C=C[C@H](OC)[C@@H]1COC(=O)N1. The van der Waals surface area contributed by atoms with E-state index in [1.807, 2.05) is 0 Å². The lowest BCUT2D eigenvalue weighted by molar-refractivity contribution is 0.105.